The van der Waals surface area contributed by atoms with Gasteiger partial charge in [-0.3, -0.25) is 4.79 Å². The highest BCUT2D eigenvalue weighted by molar-refractivity contribution is 6.31. The summed E-state index contributed by atoms with van der Waals surface area (Å²) in [7, 11) is 1.64. The van der Waals surface area contributed by atoms with Crippen LogP contribution in [0.5, 0.6) is 5.75 Å². The fraction of sp³-hybridized carbons (Fsp3) is 0.333. The van der Waals surface area contributed by atoms with E-state index in [1.807, 2.05) is 42.5 Å². The molecule has 1 amide bonds. The van der Waals surface area contributed by atoms with Crippen LogP contribution in [-0.2, 0) is 11.3 Å². The number of anilines is 1. The molecule has 0 bridgehead atoms. The fourth-order valence-electron chi connectivity index (χ4n) is 3.68. The summed E-state index contributed by atoms with van der Waals surface area (Å²) >= 11 is 6.06. The van der Waals surface area contributed by atoms with Gasteiger partial charge in [-0.25, -0.2) is 4.98 Å². The van der Waals surface area contributed by atoms with Crippen molar-refractivity contribution >= 4 is 34.5 Å². The van der Waals surface area contributed by atoms with Crippen LogP contribution in [-0.4, -0.2) is 36.1 Å². The lowest BCUT2D eigenvalue weighted by molar-refractivity contribution is -0.125. The zero-order chi connectivity index (χ0) is 19.5. The molecule has 1 atom stereocenters. The van der Waals surface area contributed by atoms with E-state index in [1.165, 1.54) is 0 Å². The second-order valence-electron chi connectivity index (χ2n) is 7.04. The molecule has 1 aliphatic rings. The summed E-state index contributed by atoms with van der Waals surface area (Å²) in [6.45, 7) is 1.98. The number of piperidine rings is 1. The maximum atomic E-state index is 12.7. The van der Waals surface area contributed by atoms with Gasteiger partial charge in [-0.1, -0.05) is 29.8 Å². The summed E-state index contributed by atoms with van der Waals surface area (Å²) in [6, 6.07) is 13.3. The van der Waals surface area contributed by atoms with E-state index in [-0.39, 0.29) is 11.8 Å². The van der Waals surface area contributed by atoms with E-state index < -0.39 is 0 Å². The van der Waals surface area contributed by atoms with Crippen molar-refractivity contribution in [2.24, 2.45) is 5.92 Å². The van der Waals surface area contributed by atoms with Gasteiger partial charge in [-0.05, 0) is 37.1 Å². The van der Waals surface area contributed by atoms with Crippen molar-refractivity contribution < 1.29 is 9.53 Å². The molecule has 2 N–H and O–H groups in total. The molecule has 1 aliphatic heterocycles. The van der Waals surface area contributed by atoms with Gasteiger partial charge in [-0.2, -0.15) is 0 Å². The van der Waals surface area contributed by atoms with Crippen molar-refractivity contribution in [2.45, 2.75) is 19.4 Å². The number of nitrogens with zero attached hydrogens (tertiary/aromatic N) is 2. The predicted molar refractivity (Wildman–Crippen MR) is 111 cm³/mol. The SMILES string of the molecule is COc1ccccc1CNC(=O)C1CCCN(c2nc3ccc(Cl)cc3[nH]2)C1. The summed E-state index contributed by atoms with van der Waals surface area (Å²) in [5.41, 5.74) is 2.76. The largest absolute Gasteiger partial charge is 0.496 e. The maximum absolute atomic E-state index is 12.7. The molecular weight excluding hydrogens is 376 g/mol. The first-order valence-corrected chi connectivity index (χ1v) is 9.81. The third-order valence-electron chi connectivity index (χ3n) is 5.17. The van der Waals surface area contributed by atoms with Crippen molar-refractivity contribution in [1.82, 2.24) is 15.3 Å². The smallest absolute Gasteiger partial charge is 0.225 e. The minimum Gasteiger partial charge on any atom is -0.496 e. The van der Waals surface area contributed by atoms with Crippen LogP contribution in [0.3, 0.4) is 0 Å². The molecule has 1 unspecified atom stereocenters. The van der Waals surface area contributed by atoms with E-state index in [4.69, 9.17) is 16.3 Å². The van der Waals surface area contributed by atoms with Crippen LogP contribution < -0.4 is 15.0 Å². The Kier molecular flexibility index (Phi) is 5.39. The number of carbonyl (C=O) groups is 1. The number of benzene rings is 2. The molecule has 6 nitrogen and oxygen atoms in total. The molecule has 28 heavy (non-hydrogen) atoms. The Hall–Kier alpha value is -2.73. The summed E-state index contributed by atoms with van der Waals surface area (Å²) in [5.74, 6) is 1.57. The van der Waals surface area contributed by atoms with Crippen LogP contribution in [0.15, 0.2) is 42.5 Å². The first-order chi connectivity index (χ1) is 13.6. The maximum Gasteiger partial charge on any atom is 0.225 e. The number of halogens is 1. The number of aromatic nitrogens is 2. The summed E-state index contributed by atoms with van der Waals surface area (Å²) in [6.07, 6.45) is 1.82. The number of carbonyl (C=O) groups excluding carboxylic acids is 1. The normalized spacial score (nSPS) is 16.9. The van der Waals surface area contributed by atoms with Gasteiger partial charge in [-0.15, -0.1) is 0 Å². The number of imidazole rings is 1. The van der Waals surface area contributed by atoms with E-state index in [9.17, 15) is 4.79 Å². The predicted octanol–water partition coefficient (Wildman–Crippen LogP) is 3.76. The van der Waals surface area contributed by atoms with E-state index >= 15 is 0 Å². The lowest BCUT2D eigenvalue weighted by Gasteiger charge is -2.31. The van der Waals surface area contributed by atoms with Crippen molar-refractivity contribution in [2.75, 3.05) is 25.1 Å². The van der Waals surface area contributed by atoms with Crippen molar-refractivity contribution in [1.29, 1.82) is 0 Å². The topological polar surface area (TPSA) is 70.2 Å². The van der Waals surface area contributed by atoms with Gasteiger partial charge in [0.2, 0.25) is 11.9 Å². The number of aromatic amines is 1. The van der Waals surface area contributed by atoms with E-state index in [1.54, 1.807) is 7.11 Å². The van der Waals surface area contributed by atoms with Crippen LogP contribution in [0.1, 0.15) is 18.4 Å². The lowest BCUT2D eigenvalue weighted by atomic mass is 9.97. The number of methoxy groups -OCH3 is 1. The van der Waals surface area contributed by atoms with Crippen LogP contribution in [0.25, 0.3) is 11.0 Å². The molecule has 2 heterocycles. The molecule has 3 aromatic rings. The van der Waals surface area contributed by atoms with Crippen molar-refractivity contribution in [3.8, 4) is 5.75 Å². The number of fused-ring (bicyclic) bond motifs is 1. The number of hydrogen-bond donors (Lipinski definition) is 2. The monoisotopic (exact) mass is 398 g/mol. The van der Waals surface area contributed by atoms with Gasteiger partial charge in [0.05, 0.1) is 24.1 Å². The van der Waals surface area contributed by atoms with Crippen molar-refractivity contribution in [3.05, 3.63) is 53.1 Å². The molecule has 0 aliphatic carbocycles. The fourth-order valence-corrected chi connectivity index (χ4v) is 3.85. The summed E-state index contributed by atoms with van der Waals surface area (Å²) in [5, 5.41) is 3.73. The van der Waals surface area contributed by atoms with Gasteiger partial charge in [0, 0.05) is 30.2 Å². The zero-order valence-corrected chi connectivity index (χ0v) is 16.5. The quantitative estimate of drug-likeness (QED) is 0.686. The molecule has 1 saturated heterocycles. The molecule has 1 fully saturated rings. The zero-order valence-electron chi connectivity index (χ0n) is 15.7. The number of para-hydroxylation sites is 1. The van der Waals surface area contributed by atoms with Crippen LogP contribution in [0.4, 0.5) is 5.95 Å². The standard InChI is InChI=1S/C21H23ClN4O2/c1-28-19-7-3-2-5-14(19)12-23-20(27)15-6-4-10-26(13-15)21-24-17-9-8-16(22)11-18(17)25-21/h2-3,5,7-9,11,15H,4,6,10,12-13H2,1H3,(H,23,27)(H,24,25). The molecule has 0 spiro atoms. The molecule has 1 aromatic heterocycles. The molecular formula is C21H23ClN4O2. The Bertz CT molecular complexity index is 987. The minimum absolute atomic E-state index is 0.0646. The summed E-state index contributed by atoms with van der Waals surface area (Å²) < 4.78 is 5.35. The third-order valence-corrected chi connectivity index (χ3v) is 5.40. The Morgan fingerprint density at radius 1 is 1.36 bits per heavy atom. The van der Waals surface area contributed by atoms with Crippen molar-refractivity contribution in [3.63, 3.8) is 0 Å². The molecule has 146 valence electrons. The number of rotatable bonds is 5. The highest BCUT2D eigenvalue weighted by atomic mass is 35.5. The number of nitrogens with one attached hydrogen (secondary N) is 2. The van der Waals surface area contributed by atoms with Gasteiger partial charge in [0.1, 0.15) is 5.75 Å². The van der Waals surface area contributed by atoms with Gasteiger partial charge in [0.15, 0.2) is 0 Å². The average Bonchev–Trinajstić information content (AvgIpc) is 3.15. The van der Waals surface area contributed by atoms with Crippen LogP contribution >= 0.6 is 11.6 Å². The average molecular weight is 399 g/mol. The molecule has 4 rings (SSSR count). The molecule has 0 radical (unpaired) electrons. The van der Waals surface area contributed by atoms with Gasteiger partial charge < -0.3 is 19.9 Å². The lowest BCUT2D eigenvalue weighted by Crippen LogP contribution is -2.43. The first-order valence-electron chi connectivity index (χ1n) is 9.44. The van der Waals surface area contributed by atoms with Crippen LogP contribution in [0, 0.1) is 5.92 Å². The minimum atomic E-state index is -0.0692. The number of ether oxygens (including phenoxy) is 1. The second-order valence-corrected chi connectivity index (χ2v) is 7.47. The highest BCUT2D eigenvalue weighted by Crippen LogP contribution is 2.25. The highest BCUT2D eigenvalue weighted by Gasteiger charge is 2.27. The first kappa shape index (κ1) is 18.6. The number of H-pyrrole nitrogens is 1. The van der Waals surface area contributed by atoms with Gasteiger partial charge in [0.25, 0.3) is 0 Å². The van der Waals surface area contributed by atoms with E-state index in [0.717, 1.165) is 47.7 Å². The second kappa shape index (κ2) is 8.10. The Morgan fingerprint density at radius 3 is 3.07 bits per heavy atom. The van der Waals surface area contributed by atoms with Gasteiger partial charge >= 0.3 is 0 Å². The number of amides is 1. The Morgan fingerprint density at radius 2 is 2.21 bits per heavy atom. The summed E-state index contributed by atoms with van der Waals surface area (Å²) in [4.78, 5) is 22.9. The molecule has 0 saturated carbocycles. The van der Waals surface area contributed by atoms with E-state index in [0.29, 0.717) is 18.1 Å². The number of hydrogen-bond acceptors (Lipinski definition) is 4. The molecule has 2 aromatic carbocycles. The van der Waals surface area contributed by atoms with E-state index in [2.05, 4.69) is 20.2 Å². The van der Waals surface area contributed by atoms with Crippen LogP contribution in [0.2, 0.25) is 5.02 Å². The third kappa shape index (κ3) is 3.92. The molecule has 7 heteroatoms. The Labute approximate surface area is 168 Å². The Balaban J connectivity index is 1.41.